The normalized spacial score (nSPS) is 12.6. The number of rotatable bonds is 5. The van der Waals surface area contributed by atoms with Gasteiger partial charge in [0.05, 0.1) is 11.8 Å². The molecule has 1 aromatic heterocycles. The molecule has 2 rings (SSSR count). The van der Waals surface area contributed by atoms with Gasteiger partial charge in [-0.1, -0.05) is 36.8 Å². The van der Waals surface area contributed by atoms with Crippen molar-refractivity contribution in [1.82, 2.24) is 9.78 Å². The van der Waals surface area contributed by atoms with Crippen LogP contribution in [-0.2, 0) is 26.3 Å². The van der Waals surface area contributed by atoms with Gasteiger partial charge in [-0.25, -0.2) is 0 Å². The van der Waals surface area contributed by atoms with Crippen LogP contribution in [0.2, 0.25) is 0 Å². The molecule has 0 aliphatic heterocycles. The monoisotopic (exact) mass is 258 g/mol. The van der Waals surface area contributed by atoms with Crippen LogP contribution in [0.4, 0.5) is 0 Å². The van der Waals surface area contributed by atoms with E-state index < -0.39 is 0 Å². The van der Waals surface area contributed by atoms with Gasteiger partial charge in [0.15, 0.2) is 0 Å². The van der Waals surface area contributed by atoms with Gasteiger partial charge in [-0.05, 0) is 31.4 Å². The third-order valence-electron chi connectivity index (χ3n) is 3.43. The summed E-state index contributed by atoms with van der Waals surface area (Å²) >= 11 is 0. The molecular weight excluding hydrogens is 236 g/mol. The molecule has 0 bridgehead atoms. The van der Waals surface area contributed by atoms with Crippen molar-refractivity contribution >= 4 is 0 Å². The van der Waals surface area contributed by atoms with Gasteiger partial charge in [-0.3, -0.25) is 4.68 Å². The lowest BCUT2D eigenvalue weighted by Gasteiger charge is -2.11. The summed E-state index contributed by atoms with van der Waals surface area (Å²) in [4.78, 5) is 0. The van der Waals surface area contributed by atoms with E-state index >= 15 is 0 Å². The zero-order valence-corrected chi connectivity index (χ0v) is 11.9. The van der Waals surface area contributed by atoms with Crippen LogP contribution >= 0.6 is 0 Å². The standard InChI is InChI=1S/C16H22N2O/c1-4-14-10-15(18(3)17-14)11-16(19)9-13-7-5-12(2)6-8-13/h5-8,10,16,19H,4,9,11H2,1-3H3. The maximum atomic E-state index is 10.2. The molecule has 0 fully saturated rings. The Balaban J connectivity index is 1.98. The van der Waals surface area contributed by atoms with Crippen LogP contribution in [0.25, 0.3) is 0 Å². The lowest BCUT2D eigenvalue weighted by Crippen LogP contribution is -2.16. The van der Waals surface area contributed by atoms with E-state index in [1.165, 1.54) is 11.1 Å². The zero-order chi connectivity index (χ0) is 13.8. The minimum absolute atomic E-state index is 0.359. The highest BCUT2D eigenvalue weighted by molar-refractivity contribution is 5.22. The van der Waals surface area contributed by atoms with Crippen molar-refractivity contribution in [3.05, 3.63) is 52.8 Å². The van der Waals surface area contributed by atoms with E-state index in [0.29, 0.717) is 12.8 Å². The predicted molar refractivity (Wildman–Crippen MR) is 77.2 cm³/mol. The van der Waals surface area contributed by atoms with Crippen LogP contribution in [0.1, 0.15) is 29.4 Å². The van der Waals surface area contributed by atoms with Gasteiger partial charge in [0.2, 0.25) is 0 Å². The number of aryl methyl sites for hydroxylation is 3. The second-order valence-electron chi connectivity index (χ2n) is 5.15. The maximum absolute atomic E-state index is 10.2. The molecule has 1 unspecified atom stereocenters. The van der Waals surface area contributed by atoms with E-state index in [1.54, 1.807) is 0 Å². The van der Waals surface area contributed by atoms with Crippen molar-refractivity contribution in [2.75, 3.05) is 0 Å². The largest absolute Gasteiger partial charge is 0.392 e. The van der Waals surface area contributed by atoms with Crippen molar-refractivity contribution in [1.29, 1.82) is 0 Å². The number of aliphatic hydroxyl groups excluding tert-OH is 1. The molecule has 0 saturated carbocycles. The molecule has 0 aliphatic carbocycles. The molecule has 1 N–H and O–H groups in total. The second kappa shape index (κ2) is 6.02. The summed E-state index contributed by atoms with van der Waals surface area (Å²) in [6, 6.07) is 10.4. The Morgan fingerprint density at radius 3 is 2.47 bits per heavy atom. The highest BCUT2D eigenvalue weighted by Crippen LogP contribution is 2.11. The lowest BCUT2D eigenvalue weighted by atomic mass is 10.0. The summed E-state index contributed by atoms with van der Waals surface area (Å²) in [7, 11) is 1.94. The molecule has 102 valence electrons. The summed E-state index contributed by atoms with van der Waals surface area (Å²) in [5.74, 6) is 0. The van der Waals surface area contributed by atoms with Crippen LogP contribution in [0, 0.1) is 6.92 Å². The summed E-state index contributed by atoms with van der Waals surface area (Å²) in [5, 5.41) is 14.6. The fourth-order valence-corrected chi connectivity index (χ4v) is 2.25. The molecule has 0 aliphatic rings. The van der Waals surface area contributed by atoms with Crippen molar-refractivity contribution in [2.24, 2.45) is 7.05 Å². The van der Waals surface area contributed by atoms with E-state index in [4.69, 9.17) is 0 Å². The summed E-state index contributed by atoms with van der Waals surface area (Å²) in [5.41, 5.74) is 4.60. The average molecular weight is 258 g/mol. The Morgan fingerprint density at radius 2 is 1.89 bits per heavy atom. The van der Waals surface area contributed by atoms with Gasteiger partial charge in [0.25, 0.3) is 0 Å². The maximum Gasteiger partial charge on any atom is 0.0635 e. The molecule has 0 radical (unpaired) electrons. The minimum atomic E-state index is -0.359. The quantitative estimate of drug-likeness (QED) is 0.894. The molecule has 1 aromatic carbocycles. The Bertz CT molecular complexity index is 528. The first kappa shape index (κ1) is 13.8. The molecule has 1 atom stereocenters. The van der Waals surface area contributed by atoms with E-state index in [1.807, 2.05) is 11.7 Å². The molecular formula is C16H22N2O. The minimum Gasteiger partial charge on any atom is -0.392 e. The van der Waals surface area contributed by atoms with Gasteiger partial charge >= 0.3 is 0 Å². The van der Waals surface area contributed by atoms with Crippen LogP contribution in [0.3, 0.4) is 0 Å². The fourth-order valence-electron chi connectivity index (χ4n) is 2.25. The van der Waals surface area contributed by atoms with Crippen LogP contribution < -0.4 is 0 Å². The van der Waals surface area contributed by atoms with Crippen molar-refractivity contribution in [3.8, 4) is 0 Å². The van der Waals surface area contributed by atoms with Crippen molar-refractivity contribution in [2.45, 2.75) is 39.2 Å². The third-order valence-corrected chi connectivity index (χ3v) is 3.43. The van der Waals surface area contributed by atoms with Crippen LogP contribution in [-0.4, -0.2) is 21.0 Å². The van der Waals surface area contributed by atoms with E-state index in [2.05, 4.69) is 49.3 Å². The van der Waals surface area contributed by atoms with Crippen molar-refractivity contribution < 1.29 is 5.11 Å². The molecule has 0 amide bonds. The SMILES string of the molecule is CCc1cc(CC(O)Cc2ccc(C)cc2)n(C)n1. The molecule has 3 nitrogen and oxygen atoms in total. The number of aromatic nitrogens is 2. The summed E-state index contributed by atoms with van der Waals surface area (Å²) < 4.78 is 1.87. The first-order chi connectivity index (χ1) is 9.08. The Labute approximate surface area is 114 Å². The van der Waals surface area contributed by atoms with Gasteiger partial charge in [-0.2, -0.15) is 5.10 Å². The molecule has 3 heteroatoms. The summed E-state index contributed by atoms with van der Waals surface area (Å²) in [6.07, 6.45) is 1.91. The third kappa shape index (κ3) is 3.67. The van der Waals surface area contributed by atoms with Crippen LogP contribution in [0.15, 0.2) is 30.3 Å². The Hall–Kier alpha value is -1.61. The Morgan fingerprint density at radius 1 is 1.21 bits per heavy atom. The fraction of sp³-hybridized carbons (Fsp3) is 0.438. The highest BCUT2D eigenvalue weighted by atomic mass is 16.3. The number of aliphatic hydroxyl groups is 1. The molecule has 0 spiro atoms. The van der Waals surface area contributed by atoms with E-state index in [0.717, 1.165) is 17.8 Å². The molecule has 2 aromatic rings. The predicted octanol–water partition coefficient (Wildman–Crippen LogP) is 2.44. The topological polar surface area (TPSA) is 38.0 Å². The number of benzene rings is 1. The Kier molecular flexibility index (Phi) is 4.38. The smallest absolute Gasteiger partial charge is 0.0635 e. The number of hydrogen-bond donors (Lipinski definition) is 1. The van der Waals surface area contributed by atoms with Gasteiger partial charge in [-0.15, -0.1) is 0 Å². The molecule has 0 saturated heterocycles. The molecule has 1 heterocycles. The lowest BCUT2D eigenvalue weighted by molar-refractivity contribution is 0.173. The van der Waals surface area contributed by atoms with E-state index in [9.17, 15) is 5.11 Å². The second-order valence-corrected chi connectivity index (χ2v) is 5.15. The number of hydrogen-bond acceptors (Lipinski definition) is 2. The van der Waals surface area contributed by atoms with Crippen molar-refractivity contribution in [3.63, 3.8) is 0 Å². The van der Waals surface area contributed by atoms with Gasteiger partial charge in [0, 0.05) is 19.2 Å². The zero-order valence-electron chi connectivity index (χ0n) is 11.9. The number of nitrogens with zero attached hydrogens (tertiary/aromatic N) is 2. The average Bonchev–Trinajstić information content (AvgIpc) is 2.73. The van der Waals surface area contributed by atoms with Crippen LogP contribution in [0.5, 0.6) is 0 Å². The first-order valence-electron chi connectivity index (χ1n) is 6.84. The first-order valence-corrected chi connectivity index (χ1v) is 6.84. The van der Waals surface area contributed by atoms with Gasteiger partial charge < -0.3 is 5.11 Å². The van der Waals surface area contributed by atoms with E-state index in [-0.39, 0.29) is 6.10 Å². The van der Waals surface area contributed by atoms with Gasteiger partial charge in [0.1, 0.15) is 0 Å². The highest BCUT2D eigenvalue weighted by Gasteiger charge is 2.11. The summed E-state index contributed by atoms with van der Waals surface area (Å²) in [6.45, 7) is 4.16. The molecule has 19 heavy (non-hydrogen) atoms.